The Bertz CT molecular complexity index is 1020. The highest BCUT2D eigenvalue weighted by Crippen LogP contribution is 2.39. The molecule has 4 heterocycles. The molecule has 0 unspecified atom stereocenters. The minimum Gasteiger partial charge on any atom is -0.378 e. The van der Waals surface area contributed by atoms with Gasteiger partial charge in [0.25, 0.3) is 0 Å². The molecule has 1 aromatic heterocycles. The maximum absolute atomic E-state index is 10.2. The van der Waals surface area contributed by atoms with Crippen LogP contribution in [0.25, 0.3) is 0 Å². The van der Waals surface area contributed by atoms with E-state index in [0.29, 0.717) is 13.2 Å². The Morgan fingerprint density at radius 3 is 2.52 bits per heavy atom. The minimum atomic E-state index is 0.276. The van der Waals surface area contributed by atoms with E-state index in [9.17, 15) is 5.26 Å². The summed E-state index contributed by atoms with van der Waals surface area (Å²) in [4.78, 5) is 12.5. The SMILES string of the molecule is CC1(C)CCCN(c2nc(N3CCOCC3)c(C#N)c3c2CN(Cc2ccccc2)CC3)C1. The molecule has 2 aromatic rings. The lowest BCUT2D eigenvalue weighted by Gasteiger charge is -2.42. The number of pyridine rings is 1. The summed E-state index contributed by atoms with van der Waals surface area (Å²) in [5, 5.41) is 10.2. The van der Waals surface area contributed by atoms with E-state index in [1.165, 1.54) is 29.5 Å². The van der Waals surface area contributed by atoms with Gasteiger partial charge in [-0.25, -0.2) is 4.98 Å². The summed E-state index contributed by atoms with van der Waals surface area (Å²) < 4.78 is 5.58. The van der Waals surface area contributed by atoms with Gasteiger partial charge >= 0.3 is 0 Å². The van der Waals surface area contributed by atoms with Gasteiger partial charge in [-0.2, -0.15) is 5.26 Å². The molecule has 0 saturated carbocycles. The molecule has 2 fully saturated rings. The molecule has 0 bridgehead atoms. The smallest absolute Gasteiger partial charge is 0.149 e. The van der Waals surface area contributed by atoms with E-state index in [-0.39, 0.29) is 5.41 Å². The molecular formula is C27H35N5O. The molecule has 0 aliphatic carbocycles. The fourth-order valence-corrected chi connectivity index (χ4v) is 5.62. The average molecular weight is 446 g/mol. The number of morpholine rings is 1. The minimum absolute atomic E-state index is 0.276. The molecule has 6 heteroatoms. The molecule has 5 rings (SSSR count). The first-order valence-corrected chi connectivity index (χ1v) is 12.3. The third-order valence-electron chi connectivity index (χ3n) is 7.30. The Morgan fingerprint density at radius 2 is 1.79 bits per heavy atom. The quantitative estimate of drug-likeness (QED) is 0.710. The van der Waals surface area contributed by atoms with Crippen LogP contribution in [0.3, 0.4) is 0 Å². The normalized spacial score (nSPS) is 20.9. The molecule has 1 aromatic carbocycles. The molecule has 3 aliphatic heterocycles. The van der Waals surface area contributed by atoms with Crippen molar-refractivity contribution in [3.63, 3.8) is 0 Å². The Labute approximate surface area is 197 Å². The van der Waals surface area contributed by atoms with Crippen molar-refractivity contribution in [1.82, 2.24) is 9.88 Å². The Balaban J connectivity index is 1.55. The van der Waals surface area contributed by atoms with Gasteiger partial charge in [0, 0.05) is 51.4 Å². The van der Waals surface area contributed by atoms with Gasteiger partial charge in [0.1, 0.15) is 17.7 Å². The highest BCUT2D eigenvalue weighted by molar-refractivity contribution is 5.68. The zero-order valence-electron chi connectivity index (χ0n) is 20.0. The number of rotatable bonds is 4. The lowest BCUT2D eigenvalue weighted by molar-refractivity contribution is 0.122. The lowest BCUT2D eigenvalue weighted by atomic mass is 9.83. The van der Waals surface area contributed by atoms with E-state index in [4.69, 9.17) is 9.72 Å². The van der Waals surface area contributed by atoms with Gasteiger partial charge in [0.15, 0.2) is 0 Å². The van der Waals surface area contributed by atoms with Gasteiger partial charge in [-0.15, -0.1) is 0 Å². The zero-order valence-corrected chi connectivity index (χ0v) is 20.0. The molecule has 0 amide bonds. The third-order valence-corrected chi connectivity index (χ3v) is 7.30. The van der Waals surface area contributed by atoms with E-state index >= 15 is 0 Å². The number of aromatic nitrogens is 1. The van der Waals surface area contributed by atoms with Crippen LogP contribution in [0.4, 0.5) is 11.6 Å². The molecule has 0 N–H and O–H groups in total. The van der Waals surface area contributed by atoms with E-state index in [0.717, 1.165) is 69.4 Å². The lowest BCUT2D eigenvalue weighted by Crippen LogP contribution is -2.43. The summed E-state index contributed by atoms with van der Waals surface area (Å²) in [6.45, 7) is 12.5. The van der Waals surface area contributed by atoms with Crippen LogP contribution in [0.15, 0.2) is 30.3 Å². The number of benzene rings is 1. The molecule has 174 valence electrons. The predicted molar refractivity (Wildman–Crippen MR) is 131 cm³/mol. The number of nitrogens with zero attached hydrogens (tertiary/aromatic N) is 5. The van der Waals surface area contributed by atoms with Crippen molar-refractivity contribution in [3.8, 4) is 6.07 Å². The number of fused-ring (bicyclic) bond motifs is 1. The highest BCUT2D eigenvalue weighted by Gasteiger charge is 2.33. The van der Waals surface area contributed by atoms with Crippen LogP contribution in [0.5, 0.6) is 0 Å². The van der Waals surface area contributed by atoms with E-state index in [1.54, 1.807) is 0 Å². The van der Waals surface area contributed by atoms with Crippen molar-refractivity contribution in [1.29, 1.82) is 5.26 Å². The molecule has 3 aliphatic rings. The van der Waals surface area contributed by atoms with Crippen LogP contribution in [0.1, 0.15) is 48.9 Å². The van der Waals surface area contributed by atoms with Crippen LogP contribution in [0, 0.1) is 16.7 Å². The molecule has 0 radical (unpaired) electrons. The summed E-state index contributed by atoms with van der Waals surface area (Å²) >= 11 is 0. The van der Waals surface area contributed by atoms with Crippen LogP contribution in [-0.4, -0.2) is 55.8 Å². The van der Waals surface area contributed by atoms with Crippen molar-refractivity contribution in [2.45, 2.75) is 46.2 Å². The van der Waals surface area contributed by atoms with Crippen molar-refractivity contribution in [3.05, 3.63) is 52.6 Å². The number of nitriles is 1. The van der Waals surface area contributed by atoms with Crippen molar-refractivity contribution < 1.29 is 4.74 Å². The number of hydrogen-bond acceptors (Lipinski definition) is 6. The van der Waals surface area contributed by atoms with Gasteiger partial charge in [-0.05, 0) is 35.8 Å². The number of ether oxygens (including phenoxy) is 1. The van der Waals surface area contributed by atoms with Crippen LogP contribution >= 0.6 is 0 Å². The van der Waals surface area contributed by atoms with Crippen molar-refractivity contribution in [2.24, 2.45) is 5.41 Å². The first-order valence-electron chi connectivity index (χ1n) is 12.3. The number of anilines is 2. The van der Waals surface area contributed by atoms with Crippen LogP contribution in [0.2, 0.25) is 0 Å². The first kappa shape index (κ1) is 22.2. The fraction of sp³-hybridized carbons (Fsp3) is 0.556. The third kappa shape index (κ3) is 4.71. The molecule has 33 heavy (non-hydrogen) atoms. The topological polar surface area (TPSA) is 55.6 Å². The zero-order chi connectivity index (χ0) is 22.8. The molecule has 0 spiro atoms. The second kappa shape index (κ2) is 9.32. The molecule has 2 saturated heterocycles. The molecular weight excluding hydrogens is 410 g/mol. The standard InChI is InChI=1S/C27H35N5O/c1-27(2)10-6-11-32(20-27)26-24-19-30(18-21-7-4-3-5-8-21)12-9-22(24)23(17-28)25(29-26)31-13-15-33-16-14-31/h3-5,7-8H,6,9-16,18-20H2,1-2H3. The van der Waals surface area contributed by atoms with Gasteiger partial charge in [-0.1, -0.05) is 44.2 Å². The van der Waals surface area contributed by atoms with E-state index in [2.05, 4.69) is 64.9 Å². The van der Waals surface area contributed by atoms with Crippen LogP contribution in [-0.2, 0) is 24.2 Å². The summed E-state index contributed by atoms with van der Waals surface area (Å²) in [5.41, 5.74) is 4.88. The summed E-state index contributed by atoms with van der Waals surface area (Å²) in [6, 6.07) is 13.2. The average Bonchev–Trinajstić information content (AvgIpc) is 2.83. The maximum Gasteiger partial charge on any atom is 0.149 e. The highest BCUT2D eigenvalue weighted by atomic mass is 16.5. The van der Waals surface area contributed by atoms with E-state index in [1.807, 2.05) is 0 Å². The van der Waals surface area contributed by atoms with Gasteiger partial charge in [-0.3, -0.25) is 4.90 Å². The summed E-state index contributed by atoms with van der Waals surface area (Å²) in [5.74, 6) is 1.98. The van der Waals surface area contributed by atoms with Crippen molar-refractivity contribution in [2.75, 3.05) is 55.7 Å². The van der Waals surface area contributed by atoms with Gasteiger partial charge in [0.2, 0.25) is 0 Å². The summed E-state index contributed by atoms with van der Waals surface area (Å²) in [6.07, 6.45) is 3.33. The largest absolute Gasteiger partial charge is 0.378 e. The van der Waals surface area contributed by atoms with Gasteiger partial charge in [0.05, 0.1) is 18.8 Å². The van der Waals surface area contributed by atoms with Gasteiger partial charge < -0.3 is 14.5 Å². The Kier molecular flexibility index (Phi) is 6.27. The van der Waals surface area contributed by atoms with Crippen LogP contribution < -0.4 is 9.80 Å². The summed E-state index contributed by atoms with van der Waals surface area (Å²) in [7, 11) is 0. The number of hydrogen-bond donors (Lipinski definition) is 0. The Morgan fingerprint density at radius 1 is 1.00 bits per heavy atom. The maximum atomic E-state index is 10.2. The number of piperidine rings is 1. The molecule has 6 nitrogen and oxygen atoms in total. The second-order valence-electron chi connectivity index (χ2n) is 10.4. The van der Waals surface area contributed by atoms with Crippen molar-refractivity contribution >= 4 is 11.6 Å². The first-order chi connectivity index (χ1) is 16.0. The monoisotopic (exact) mass is 445 g/mol. The molecule has 0 atom stereocenters. The fourth-order valence-electron chi connectivity index (χ4n) is 5.62. The Hall–Kier alpha value is -2.62. The predicted octanol–water partition coefficient (Wildman–Crippen LogP) is 3.97. The second-order valence-corrected chi connectivity index (χ2v) is 10.4. The van der Waals surface area contributed by atoms with E-state index < -0.39 is 0 Å².